The Morgan fingerprint density at radius 3 is 2.41 bits per heavy atom. The summed E-state index contributed by atoms with van der Waals surface area (Å²) in [5, 5.41) is 0. The molecule has 0 aliphatic rings. The van der Waals surface area contributed by atoms with Crippen LogP contribution in [0.3, 0.4) is 0 Å². The quantitative estimate of drug-likeness (QED) is 0.648. The van der Waals surface area contributed by atoms with Crippen molar-refractivity contribution in [1.29, 1.82) is 0 Å². The van der Waals surface area contributed by atoms with Gasteiger partial charge in [0.2, 0.25) is 0 Å². The molecule has 0 fully saturated rings. The van der Waals surface area contributed by atoms with Crippen LogP contribution in [0.25, 0.3) is 16.8 Å². The van der Waals surface area contributed by atoms with E-state index in [1.807, 2.05) is 24.4 Å². The molecule has 22 heavy (non-hydrogen) atoms. The summed E-state index contributed by atoms with van der Waals surface area (Å²) in [6, 6.07) is 12.6. The molecule has 0 aliphatic carbocycles. The van der Waals surface area contributed by atoms with Crippen LogP contribution in [0.15, 0.2) is 74.0 Å². The first kappa shape index (κ1) is 16.0. The summed E-state index contributed by atoms with van der Waals surface area (Å²) >= 11 is 0. The van der Waals surface area contributed by atoms with E-state index in [-0.39, 0.29) is 5.41 Å². The van der Waals surface area contributed by atoms with Crippen molar-refractivity contribution in [2.45, 2.75) is 26.2 Å². The van der Waals surface area contributed by atoms with Crippen LogP contribution < -0.4 is 0 Å². The molecule has 0 bridgehead atoms. The minimum Gasteiger partial charge on any atom is -0.256 e. The Morgan fingerprint density at radius 1 is 1.09 bits per heavy atom. The minimum absolute atomic E-state index is 0.121. The van der Waals surface area contributed by atoms with E-state index in [4.69, 9.17) is 0 Å². The van der Waals surface area contributed by atoms with Crippen LogP contribution in [0.2, 0.25) is 0 Å². The number of aromatic nitrogens is 1. The summed E-state index contributed by atoms with van der Waals surface area (Å²) in [7, 11) is 0. The predicted octanol–water partition coefficient (Wildman–Crippen LogP) is 5.80. The van der Waals surface area contributed by atoms with E-state index < -0.39 is 0 Å². The Kier molecular flexibility index (Phi) is 4.77. The van der Waals surface area contributed by atoms with E-state index in [0.717, 1.165) is 22.4 Å². The van der Waals surface area contributed by atoms with Gasteiger partial charge in [-0.05, 0) is 34.2 Å². The van der Waals surface area contributed by atoms with Gasteiger partial charge >= 0.3 is 0 Å². The molecular weight excluding hydrogens is 266 g/mol. The van der Waals surface area contributed by atoms with Crippen LogP contribution in [-0.2, 0) is 5.41 Å². The molecule has 0 radical (unpaired) electrons. The number of nitrogens with zero attached hydrogens (tertiary/aromatic N) is 1. The van der Waals surface area contributed by atoms with Gasteiger partial charge in [-0.3, -0.25) is 4.98 Å². The number of pyridine rings is 1. The van der Waals surface area contributed by atoms with Crippen molar-refractivity contribution in [2.24, 2.45) is 0 Å². The fraction of sp³-hybridized carbons (Fsp3) is 0.190. The van der Waals surface area contributed by atoms with Crippen molar-refractivity contribution in [3.8, 4) is 11.3 Å². The van der Waals surface area contributed by atoms with Gasteiger partial charge in [0.15, 0.2) is 0 Å². The second-order valence-corrected chi connectivity index (χ2v) is 6.32. The Bertz CT molecular complexity index is 697. The molecule has 0 atom stereocenters. The lowest BCUT2D eigenvalue weighted by atomic mass is 9.88. The van der Waals surface area contributed by atoms with Gasteiger partial charge in [-0.1, -0.05) is 76.4 Å². The summed E-state index contributed by atoms with van der Waals surface area (Å²) in [5.74, 6) is 0. The van der Waals surface area contributed by atoms with Crippen LogP contribution in [0.1, 0.15) is 31.9 Å². The van der Waals surface area contributed by atoms with Gasteiger partial charge < -0.3 is 0 Å². The highest BCUT2D eigenvalue weighted by Crippen LogP contribution is 2.26. The van der Waals surface area contributed by atoms with Gasteiger partial charge in [0.05, 0.1) is 5.69 Å². The second-order valence-electron chi connectivity index (χ2n) is 6.32. The molecule has 112 valence electrons. The van der Waals surface area contributed by atoms with Crippen molar-refractivity contribution in [3.05, 3.63) is 85.1 Å². The number of hydrogen-bond acceptors (Lipinski definition) is 1. The third-order valence-electron chi connectivity index (χ3n) is 3.64. The average molecular weight is 289 g/mol. The molecule has 2 aromatic rings. The molecule has 0 unspecified atom stereocenters. The molecule has 0 spiro atoms. The minimum atomic E-state index is 0.121. The normalized spacial score (nSPS) is 12.0. The molecule has 1 aromatic heterocycles. The first-order valence-corrected chi connectivity index (χ1v) is 7.48. The molecule has 0 amide bonds. The lowest BCUT2D eigenvalue weighted by molar-refractivity contribution is 0.587. The van der Waals surface area contributed by atoms with Crippen LogP contribution in [0.4, 0.5) is 0 Å². The molecule has 0 N–H and O–H groups in total. The first-order valence-electron chi connectivity index (χ1n) is 7.48. The van der Waals surface area contributed by atoms with Crippen molar-refractivity contribution < 1.29 is 0 Å². The van der Waals surface area contributed by atoms with Gasteiger partial charge in [0.25, 0.3) is 0 Å². The monoisotopic (exact) mass is 289 g/mol. The Labute approximate surface area is 133 Å². The highest BCUT2D eigenvalue weighted by atomic mass is 14.7. The Balaban J connectivity index is 2.40. The molecule has 1 heteroatoms. The zero-order valence-corrected chi connectivity index (χ0v) is 13.6. The van der Waals surface area contributed by atoms with Crippen LogP contribution in [0, 0.1) is 0 Å². The fourth-order valence-electron chi connectivity index (χ4n) is 2.28. The average Bonchev–Trinajstić information content (AvgIpc) is 2.52. The van der Waals surface area contributed by atoms with Crippen molar-refractivity contribution in [1.82, 2.24) is 4.98 Å². The summed E-state index contributed by atoms with van der Waals surface area (Å²) in [5.41, 5.74) is 5.63. The second kappa shape index (κ2) is 6.57. The van der Waals surface area contributed by atoms with Crippen molar-refractivity contribution >= 4 is 5.57 Å². The summed E-state index contributed by atoms with van der Waals surface area (Å²) in [4.78, 5) is 4.62. The van der Waals surface area contributed by atoms with E-state index in [0.29, 0.717) is 0 Å². The maximum atomic E-state index is 4.62. The van der Waals surface area contributed by atoms with Crippen LogP contribution in [0.5, 0.6) is 0 Å². The van der Waals surface area contributed by atoms with Crippen LogP contribution in [-0.4, -0.2) is 4.98 Å². The Morgan fingerprint density at radius 2 is 1.86 bits per heavy atom. The molecule has 2 rings (SSSR count). The SMILES string of the molecule is C=C/C=C(\C=C)c1cccc(-c2ccc(C(C)(C)C)cn2)c1. The third kappa shape index (κ3) is 3.62. The molecule has 1 aromatic carbocycles. The third-order valence-corrected chi connectivity index (χ3v) is 3.64. The maximum absolute atomic E-state index is 4.62. The predicted molar refractivity (Wildman–Crippen MR) is 96.7 cm³/mol. The zero-order valence-electron chi connectivity index (χ0n) is 13.6. The van der Waals surface area contributed by atoms with E-state index in [9.17, 15) is 0 Å². The van der Waals surface area contributed by atoms with Crippen molar-refractivity contribution in [2.75, 3.05) is 0 Å². The Hall–Kier alpha value is -2.41. The number of rotatable bonds is 4. The maximum Gasteiger partial charge on any atom is 0.0702 e. The lowest BCUT2D eigenvalue weighted by Crippen LogP contribution is -2.11. The highest BCUT2D eigenvalue weighted by Gasteiger charge is 2.14. The first-order chi connectivity index (χ1) is 10.5. The van der Waals surface area contributed by atoms with Gasteiger partial charge in [0.1, 0.15) is 0 Å². The van der Waals surface area contributed by atoms with E-state index in [1.165, 1.54) is 5.56 Å². The van der Waals surface area contributed by atoms with Gasteiger partial charge in [-0.15, -0.1) is 0 Å². The molecular formula is C21H23N. The fourth-order valence-corrected chi connectivity index (χ4v) is 2.28. The van der Waals surface area contributed by atoms with E-state index >= 15 is 0 Å². The van der Waals surface area contributed by atoms with Crippen LogP contribution >= 0.6 is 0 Å². The topological polar surface area (TPSA) is 12.9 Å². The number of allylic oxidation sites excluding steroid dienone is 4. The molecule has 0 saturated heterocycles. The standard InChI is InChI=1S/C21H23N/c1-6-9-16(7-2)17-10-8-11-18(14-17)20-13-12-19(15-22-20)21(3,4)5/h6-15H,1-2H2,3-5H3/b16-9+. The van der Waals surface area contributed by atoms with Gasteiger partial charge in [-0.2, -0.15) is 0 Å². The summed E-state index contributed by atoms with van der Waals surface area (Å²) in [6.45, 7) is 14.2. The highest BCUT2D eigenvalue weighted by molar-refractivity contribution is 5.77. The number of benzene rings is 1. The van der Waals surface area contributed by atoms with Crippen molar-refractivity contribution in [3.63, 3.8) is 0 Å². The van der Waals surface area contributed by atoms with Gasteiger partial charge in [-0.25, -0.2) is 0 Å². The number of hydrogen-bond donors (Lipinski definition) is 0. The summed E-state index contributed by atoms with van der Waals surface area (Å²) < 4.78 is 0. The lowest BCUT2D eigenvalue weighted by Gasteiger charge is -2.18. The van der Waals surface area contributed by atoms with Gasteiger partial charge in [0, 0.05) is 11.8 Å². The molecule has 1 nitrogen and oxygen atoms in total. The summed E-state index contributed by atoms with van der Waals surface area (Å²) in [6.07, 6.45) is 7.55. The zero-order chi connectivity index (χ0) is 16.2. The smallest absolute Gasteiger partial charge is 0.0702 e. The van der Waals surface area contributed by atoms with E-state index in [1.54, 1.807) is 6.08 Å². The largest absolute Gasteiger partial charge is 0.256 e. The molecule has 1 heterocycles. The molecule has 0 aliphatic heterocycles. The van der Waals surface area contributed by atoms with E-state index in [2.05, 4.69) is 69.2 Å². The molecule has 0 saturated carbocycles.